The summed E-state index contributed by atoms with van der Waals surface area (Å²) in [5, 5.41) is 0.494. The summed E-state index contributed by atoms with van der Waals surface area (Å²) in [6.07, 6.45) is 6.39. The van der Waals surface area contributed by atoms with E-state index in [2.05, 4.69) is 4.90 Å². The van der Waals surface area contributed by atoms with E-state index in [9.17, 15) is 4.79 Å². The van der Waals surface area contributed by atoms with Gasteiger partial charge < -0.3 is 15.4 Å². The number of benzene rings is 1. The molecule has 0 saturated heterocycles. The second-order valence-corrected chi connectivity index (χ2v) is 6.18. The highest BCUT2D eigenvalue weighted by atomic mass is 35.5. The number of nitrogen functional groups attached to an aromatic ring is 1. The van der Waals surface area contributed by atoms with Gasteiger partial charge in [0.2, 0.25) is 0 Å². The van der Waals surface area contributed by atoms with Gasteiger partial charge in [-0.2, -0.15) is 0 Å². The summed E-state index contributed by atoms with van der Waals surface area (Å²) in [6.45, 7) is 0.896. The van der Waals surface area contributed by atoms with Crippen LogP contribution in [0.1, 0.15) is 42.5 Å². The number of anilines is 2. The van der Waals surface area contributed by atoms with Gasteiger partial charge in [0.15, 0.2) is 0 Å². The van der Waals surface area contributed by atoms with Crippen molar-refractivity contribution >= 4 is 28.9 Å². The van der Waals surface area contributed by atoms with Crippen molar-refractivity contribution in [3.05, 3.63) is 22.7 Å². The van der Waals surface area contributed by atoms with Crippen molar-refractivity contribution < 1.29 is 9.53 Å². The van der Waals surface area contributed by atoms with E-state index < -0.39 is 5.97 Å². The SMILES string of the molecule is COC(=O)c1cc(N)cc(Cl)c1N(C)CC1CCCCC1. The van der Waals surface area contributed by atoms with Crippen LogP contribution < -0.4 is 10.6 Å². The molecule has 4 nitrogen and oxygen atoms in total. The normalized spacial score (nSPS) is 15.8. The molecule has 0 bridgehead atoms. The lowest BCUT2D eigenvalue weighted by molar-refractivity contribution is 0.0601. The molecule has 1 fully saturated rings. The van der Waals surface area contributed by atoms with Gasteiger partial charge in [0.1, 0.15) is 0 Å². The van der Waals surface area contributed by atoms with Crippen molar-refractivity contribution in [2.24, 2.45) is 5.92 Å². The molecule has 0 unspecified atom stereocenters. The fraction of sp³-hybridized carbons (Fsp3) is 0.562. The Kier molecular flexibility index (Phi) is 5.34. The Morgan fingerprint density at radius 2 is 2.05 bits per heavy atom. The Labute approximate surface area is 131 Å². The molecular formula is C16H23ClN2O2. The Morgan fingerprint density at radius 1 is 1.38 bits per heavy atom. The first-order valence-corrected chi connectivity index (χ1v) is 7.79. The number of rotatable bonds is 4. The van der Waals surface area contributed by atoms with Crippen LogP contribution in [-0.4, -0.2) is 26.7 Å². The first-order valence-electron chi connectivity index (χ1n) is 7.41. The van der Waals surface area contributed by atoms with Gasteiger partial charge in [-0.3, -0.25) is 0 Å². The summed E-state index contributed by atoms with van der Waals surface area (Å²) in [4.78, 5) is 14.0. The fourth-order valence-corrected chi connectivity index (χ4v) is 3.49. The average Bonchev–Trinajstić information content (AvgIpc) is 2.46. The van der Waals surface area contributed by atoms with Gasteiger partial charge in [-0.15, -0.1) is 0 Å². The van der Waals surface area contributed by atoms with Crippen molar-refractivity contribution in [1.82, 2.24) is 0 Å². The van der Waals surface area contributed by atoms with Crippen molar-refractivity contribution in [2.45, 2.75) is 32.1 Å². The summed E-state index contributed by atoms with van der Waals surface area (Å²) in [6, 6.07) is 3.31. The fourth-order valence-electron chi connectivity index (χ4n) is 3.12. The maximum Gasteiger partial charge on any atom is 0.340 e. The maximum atomic E-state index is 12.0. The minimum atomic E-state index is -0.408. The number of esters is 1. The first-order chi connectivity index (χ1) is 10.0. The van der Waals surface area contributed by atoms with E-state index in [1.165, 1.54) is 39.2 Å². The summed E-state index contributed by atoms with van der Waals surface area (Å²) < 4.78 is 4.85. The van der Waals surface area contributed by atoms with E-state index in [0.717, 1.165) is 6.54 Å². The first kappa shape index (κ1) is 16.0. The topological polar surface area (TPSA) is 55.6 Å². The molecule has 1 aliphatic rings. The molecule has 1 aromatic carbocycles. The van der Waals surface area contributed by atoms with Crippen LogP contribution in [0.2, 0.25) is 5.02 Å². The molecule has 21 heavy (non-hydrogen) atoms. The lowest BCUT2D eigenvalue weighted by Crippen LogP contribution is -2.28. The van der Waals surface area contributed by atoms with E-state index in [1.807, 2.05) is 7.05 Å². The Morgan fingerprint density at radius 3 is 2.67 bits per heavy atom. The molecule has 2 N–H and O–H groups in total. The second-order valence-electron chi connectivity index (χ2n) is 5.78. The van der Waals surface area contributed by atoms with Crippen LogP contribution in [0.25, 0.3) is 0 Å². The molecule has 116 valence electrons. The van der Waals surface area contributed by atoms with Crippen molar-refractivity contribution in [2.75, 3.05) is 31.3 Å². The predicted octanol–water partition coefficient (Wildman–Crippen LogP) is 3.73. The summed E-state index contributed by atoms with van der Waals surface area (Å²) in [5.74, 6) is 0.248. The third-order valence-corrected chi connectivity index (χ3v) is 4.42. The molecule has 0 heterocycles. The van der Waals surface area contributed by atoms with E-state index in [4.69, 9.17) is 22.1 Å². The van der Waals surface area contributed by atoms with E-state index in [-0.39, 0.29) is 0 Å². The third kappa shape index (κ3) is 3.82. The monoisotopic (exact) mass is 310 g/mol. The maximum absolute atomic E-state index is 12.0. The summed E-state index contributed by atoms with van der Waals surface area (Å²) in [5.41, 5.74) is 7.40. The summed E-state index contributed by atoms with van der Waals surface area (Å²) in [7, 11) is 3.34. The number of halogens is 1. The molecular weight excluding hydrogens is 288 g/mol. The van der Waals surface area contributed by atoms with Crippen molar-refractivity contribution in [1.29, 1.82) is 0 Å². The molecule has 2 rings (SSSR count). The number of carbonyl (C=O) groups is 1. The molecule has 0 spiro atoms. The second kappa shape index (κ2) is 7.03. The minimum absolute atomic E-state index is 0.408. The number of ether oxygens (including phenoxy) is 1. The smallest absolute Gasteiger partial charge is 0.340 e. The standard InChI is InChI=1S/C16H23ClN2O2/c1-19(10-11-6-4-3-5-7-11)15-13(16(20)21-2)8-12(18)9-14(15)17/h8-9,11H,3-7,10,18H2,1-2H3. The van der Waals surface area contributed by atoms with E-state index in [1.54, 1.807) is 12.1 Å². The quantitative estimate of drug-likeness (QED) is 0.680. The average molecular weight is 311 g/mol. The largest absolute Gasteiger partial charge is 0.465 e. The van der Waals surface area contributed by atoms with Crippen LogP contribution in [0.3, 0.4) is 0 Å². The highest BCUT2D eigenvalue weighted by Crippen LogP contribution is 2.34. The van der Waals surface area contributed by atoms with Gasteiger partial charge in [-0.05, 0) is 30.9 Å². The number of carbonyl (C=O) groups excluding carboxylic acids is 1. The molecule has 0 radical (unpaired) electrons. The molecule has 5 heteroatoms. The van der Waals surface area contributed by atoms with E-state index >= 15 is 0 Å². The molecule has 1 aromatic rings. The van der Waals surface area contributed by atoms with Gasteiger partial charge in [0.05, 0.1) is 23.4 Å². The molecule has 0 atom stereocenters. The van der Waals surface area contributed by atoms with Crippen molar-refractivity contribution in [3.63, 3.8) is 0 Å². The van der Waals surface area contributed by atoms with Crippen LogP contribution in [-0.2, 0) is 4.74 Å². The van der Waals surface area contributed by atoms with Crippen molar-refractivity contribution in [3.8, 4) is 0 Å². The van der Waals surface area contributed by atoms with Crippen LogP contribution in [0, 0.1) is 5.92 Å². The highest BCUT2D eigenvalue weighted by molar-refractivity contribution is 6.34. The van der Waals surface area contributed by atoms with Gasteiger partial charge in [-0.1, -0.05) is 30.9 Å². The Bertz CT molecular complexity index is 513. The van der Waals surface area contributed by atoms with Gasteiger partial charge in [-0.25, -0.2) is 4.79 Å². The zero-order chi connectivity index (χ0) is 15.4. The predicted molar refractivity (Wildman–Crippen MR) is 87.0 cm³/mol. The highest BCUT2D eigenvalue weighted by Gasteiger charge is 2.22. The minimum Gasteiger partial charge on any atom is -0.465 e. The molecule has 0 aliphatic heterocycles. The zero-order valence-corrected chi connectivity index (χ0v) is 13.4. The number of nitrogens with zero attached hydrogens (tertiary/aromatic N) is 1. The van der Waals surface area contributed by atoms with Crippen LogP contribution in [0.5, 0.6) is 0 Å². The van der Waals surface area contributed by atoms with Gasteiger partial charge >= 0.3 is 5.97 Å². The third-order valence-electron chi connectivity index (χ3n) is 4.13. The number of methoxy groups -OCH3 is 1. The van der Waals surface area contributed by atoms with Crippen LogP contribution in [0.4, 0.5) is 11.4 Å². The summed E-state index contributed by atoms with van der Waals surface area (Å²) >= 11 is 6.32. The lowest BCUT2D eigenvalue weighted by atomic mass is 9.89. The van der Waals surface area contributed by atoms with Gasteiger partial charge in [0, 0.05) is 19.3 Å². The molecule has 1 aliphatic carbocycles. The van der Waals surface area contributed by atoms with E-state index in [0.29, 0.717) is 27.9 Å². The zero-order valence-electron chi connectivity index (χ0n) is 12.7. The molecule has 0 aromatic heterocycles. The Balaban J connectivity index is 2.25. The molecule has 1 saturated carbocycles. The Hall–Kier alpha value is -1.42. The van der Waals surface area contributed by atoms with Crippen LogP contribution in [0.15, 0.2) is 12.1 Å². The number of nitrogens with two attached hydrogens (primary N) is 1. The number of hydrogen-bond donors (Lipinski definition) is 1. The molecule has 0 amide bonds. The van der Waals surface area contributed by atoms with Crippen LogP contribution >= 0.6 is 11.6 Å². The number of hydrogen-bond acceptors (Lipinski definition) is 4. The van der Waals surface area contributed by atoms with Gasteiger partial charge in [0.25, 0.3) is 0 Å². The lowest BCUT2D eigenvalue weighted by Gasteiger charge is -2.30.